The van der Waals surface area contributed by atoms with Gasteiger partial charge in [-0.05, 0) is 36.7 Å². The standard InChI is InChI=1S/C8H10N2O2S2/c1-2-12-8(11)10-7(13)9-6-4-3-5-14-6/h3-5H,2H2,1H3,(H2,9,10,11,13). The molecule has 14 heavy (non-hydrogen) atoms. The predicted octanol–water partition coefficient (Wildman–Crippen LogP) is 2.19. The molecule has 1 aromatic rings. The molecule has 0 atom stereocenters. The zero-order valence-corrected chi connectivity index (χ0v) is 9.21. The minimum absolute atomic E-state index is 0.242. The van der Waals surface area contributed by atoms with E-state index in [1.807, 2.05) is 17.5 Å². The number of carbonyl (C=O) groups excluding carboxylic acids is 1. The molecule has 0 spiro atoms. The molecular weight excluding hydrogens is 220 g/mol. The third kappa shape index (κ3) is 3.71. The van der Waals surface area contributed by atoms with Gasteiger partial charge in [0.1, 0.15) is 0 Å². The molecule has 0 bridgehead atoms. The molecular formula is C8H10N2O2S2. The van der Waals surface area contributed by atoms with Crippen LogP contribution >= 0.6 is 23.6 Å². The fourth-order valence-electron chi connectivity index (χ4n) is 0.753. The number of hydrogen-bond donors (Lipinski definition) is 2. The molecule has 0 fully saturated rings. The second-order valence-corrected chi connectivity index (χ2v) is 3.63. The number of rotatable bonds is 2. The summed E-state index contributed by atoms with van der Waals surface area (Å²) >= 11 is 6.38. The van der Waals surface area contributed by atoms with Gasteiger partial charge in [-0.1, -0.05) is 0 Å². The summed E-state index contributed by atoms with van der Waals surface area (Å²) in [5, 5.41) is 8.27. The monoisotopic (exact) mass is 230 g/mol. The number of amides is 1. The van der Waals surface area contributed by atoms with Gasteiger partial charge in [0.15, 0.2) is 5.11 Å². The van der Waals surface area contributed by atoms with Crippen LogP contribution in [0.2, 0.25) is 0 Å². The number of thiophene rings is 1. The van der Waals surface area contributed by atoms with Crippen molar-refractivity contribution in [3.8, 4) is 0 Å². The molecule has 1 aromatic heterocycles. The average molecular weight is 230 g/mol. The zero-order valence-electron chi connectivity index (χ0n) is 7.57. The summed E-state index contributed by atoms with van der Waals surface area (Å²) in [6.07, 6.45) is -0.540. The number of thiocarbonyl (C=S) groups is 1. The first-order valence-electron chi connectivity index (χ1n) is 4.00. The van der Waals surface area contributed by atoms with Gasteiger partial charge in [0.05, 0.1) is 11.6 Å². The van der Waals surface area contributed by atoms with Crippen LogP contribution in [0.4, 0.5) is 9.80 Å². The van der Waals surface area contributed by atoms with Crippen molar-refractivity contribution in [2.24, 2.45) is 0 Å². The number of nitrogens with one attached hydrogen (secondary N) is 2. The second-order valence-electron chi connectivity index (χ2n) is 2.28. The Morgan fingerprint density at radius 3 is 3.07 bits per heavy atom. The van der Waals surface area contributed by atoms with Crippen LogP contribution < -0.4 is 10.6 Å². The van der Waals surface area contributed by atoms with E-state index in [0.29, 0.717) is 6.61 Å². The molecule has 0 aliphatic carbocycles. The Morgan fingerprint density at radius 2 is 2.50 bits per heavy atom. The van der Waals surface area contributed by atoms with Crippen LogP contribution in [0.1, 0.15) is 6.92 Å². The molecule has 0 saturated carbocycles. The van der Waals surface area contributed by atoms with E-state index in [2.05, 4.69) is 15.4 Å². The van der Waals surface area contributed by atoms with Crippen molar-refractivity contribution in [3.05, 3.63) is 17.5 Å². The van der Waals surface area contributed by atoms with Crippen molar-refractivity contribution in [1.29, 1.82) is 0 Å². The SMILES string of the molecule is CCOC(=O)NC(=S)Nc1cccs1. The number of alkyl carbamates (subject to hydrolysis) is 1. The van der Waals surface area contributed by atoms with Crippen LogP contribution in [0.25, 0.3) is 0 Å². The van der Waals surface area contributed by atoms with Crippen molar-refractivity contribution < 1.29 is 9.53 Å². The Kier molecular flexibility index (Phi) is 4.34. The maximum atomic E-state index is 10.9. The summed E-state index contributed by atoms with van der Waals surface area (Å²) in [5.74, 6) is 0. The van der Waals surface area contributed by atoms with Crippen LogP contribution in [-0.4, -0.2) is 17.8 Å². The smallest absolute Gasteiger partial charge is 0.413 e. The van der Waals surface area contributed by atoms with E-state index in [-0.39, 0.29) is 5.11 Å². The van der Waals surface area contributed by atoms with Crippen LogP contribution in [0.15, 0.2) is 17.5 Å². The largest absolute Gasteiger partial charge is 0.450 e. The maximum Gasteiger partial charge on any atom is 0.413 e. The Labute approximate surface area is 91.3 Å². The molecule has 0 radical (unpaired) electrons. The van der Waals surface area contributed by atoms with Crippen LogP contribution in [-0.2, 0) is 4.74 Å². The second kappa shape index (κ2) is 5.56. The van der Waals surface area contributed by atoms with Gasteiger partial charge in [0.25, 0.3) is 0 Å². The summed E-state index contributed by atoms with van der Waals surface area (Å²) in [7, 11) is 0. The normalized spacial score (nSPS) is 9.21. The highest BCUT2D eigenvalue weighted by Gasteiger charge is 2.04. The topological polar surface area (TPSA) is 50.4 Å². The first-order valence-corrected chi connectivity index (χ1v) is 5.29. The number of hydrogen-bond acceptors (Lipinski definition) is 4. The van der Waals surface area contributed by atoms with Gasteiger partial charge in [0.2, 0.25) is 0 Å². The fraction of sp³-hybridized carbons (Fsp3) is 0.250. The zero-order chi connectivity index (χ0) is 10.4. The van der Waals surface area contributed by atoms with Crippen molar-refractivity contribution in [2.45, 2.75) is 6.92 Å². The van der Waals surface area contributed by atoms with Gasteiger partial charge < -0.3 is 10.1 Å². The van der Waals surface area contributed by atoms with E-state index >= 15 is 0 Å². The van der Waals surface area contributed by atoms with E-state index in [1.165, 1.54) is 11.3 Å². The fourth-order valence-corrected chi connectivity index (χ4v) is 1.63. The van der Waals surface area contributed by atoms with Crippen molar-refractivity contribution in [3.63, 3.8) is 0 Å². The number of anilines is 1. The van der Waals surface area contributed by atoms with Gasteiger partial charge in [0, 0.05) is 0 Å². The molecule has 2 N–H and O–H groups in total. The minimum atomic E-state index is -0.540. The Balaban J connectivity index is 2.33. The third-order valence-electron chi connectivity index (χ3n) is 1.25. The lowest BCUT2D eigenvalue weighted by molar-refractivity contribution is 0.158. The van der Waals surface area contributed by atoms with Gasteiger partial charge in [-0.15, -0.1) is 11.3 Å². The first-order chi connectivity index (χ1) is 6.72. The molecule has 1 rings (SSSR count). The predicted molar refractivity (Wildman–Crippen MR) is 60.7 cm³/mol. The van der Waals surface area contributed by atoms with Crippen LogP contribution in [0.3, 0.4) is 0 Å². The lowest BCUT2D eigenvalue weighted by Gasteiger charge is -2.06. The van der Waals surface area contributed by atoms with E-state index in [1.54, 1.807) is 6.92 Å². The van der Waals surface area contributed by atoms with Gasteiger partial charge in [-0.25, -0.2) is 4.79 Å². The molecule has 76 valence electrons. The highest BCUT2D eigenvalue weighted by molar-refractivity contribution is 7.80. The Hall–Kier alpha value is -1.14. The maximum absolute atomic E-state index is 10.9. The molecule has 0 aliphatic heterocycles. The van der Waals surface area contributed by atoms with Gasteiger partial charge in [-0.2, -0.15) is 0 Å². The summed E-state index contributed by atoms with van der Waals surface area (Å²) in [6.45, 7) is 2.06. The molecule has 0 aromatic carbocycles. The van der Waals surface area contributed by atoms with E-state index in [0.717, 1.165) is 5.00 Å². The quantitative estimate of drug-likeness (QED) is 0.765. The molecule has 0 saturated heterocycles. The molecule has 1 amide bonds. The Morgan fingerprint density at radius 1 is 1.71 bits per heavy atom. The van der Waals surface area contributed by atoms with E-state index in [9.17, 15) is 4.79 Å². The van der Waals surface area contributed by atoms with Crippen LogP contribution in [0.5, 0.6) is 0 Å². The molecule has 0 unspecified atom stereocenters. The molecule has 1 heterocycles. The molecule has 6 heteroatoms. The average Bonchev–Trinajstić information content (AvgIpc) is 2.56. The highest BCUT2D eigenvalue weighted by atomic mass is 32.1. The number of carbonyl (C=O) groups is 1. The number of ether oxygens (including phenoxy) is 1. The minimum Gasteiger partial charge on any atom is -0.450 e. The van der Waals surface area contributed by atoms with Crippen LogP contribution in [0, 0.1) is 0 Å². The molecule has 4 nitrogen and oxygen atoms in total. The lowest BCUT2D eigenvalue weighted by Crippen LogP contribution is -2.34. The third-order valence-corrected chi connectivity index (χ3v) is 2.24. The summed E-state index contributed by atoms with van der Waals surface area (Å²) in [5.41, 5.74) is 0. The summed E-state index contributed by atoms with van der Waals surface area (Å²) < 4.78 is 4.66. The Bertz CT molecular complexity index is 311. The van der Waals surface area contributed by atoms with E-state index in [4.69, 9.17) is 12.2 Å². The first kappa shape index (κ1) is 10.9. The van der Waals surface area contributed by atoms with Gasteiger partial charge in [-0.3, -0.25) is 5.32 Å². The highest BCUT2D eigenvalue weighted by Crippen LogP contribution is 2.14. The van der Waals surface area contributed by atoms with Crippen molar-refractivity contribution in [1.82, 2.24) is 5.32 Å². The summed E-state index contributed by atoms with van der Waals surface area (Å²) in [6, 6.07) is 3.75. The van der Waals surface area contributed by atoms with Crippen molar-refractivity contribution in [2.75, 3.05) is 11.9 Å². The summed E-state index contributed by atoms with van der Waals surface area (Å²) in [4.78, 5) is 10.9. The lowest BCUT2D eigenvalue weighted by atomic mass is 10.6. The van der Waals surface area contributed by atoms with Crippen molar-refractivity contribution >= 4 is 39.8 Å². The van der Waals surface area contributed by atoms with Gasteiger partial charge >= 0.3 is 6.09 Å². The molecule has 0 aliphatic rings. The van der Waals surface area contributed by atoms with E-state index < -0.39 is 6.09 Å².